The lowest BCUT2D eigenvalue weighted by molar-refractivity contribution is -0.143. The first kappa shape index (κ1) is 23.7. The highest BCUT2D eigenvalue weighted by Gasteiger charge is 2.51. The van der Waals surface area contributed by atoms with Gasteiger partial charge in [0, 0.05) is 12.3 Å². The Labute approximate surface area is 181 Å². The molecule has 1 aliphatic rings. The average Bonchev–Trinajstić information content (AvgIpc) is 3.02. The summed E-state index contributed by atoms with van der Waals surface area (Å²) in [6.07, 6.45) is -0.573. The van der Waals surface area contributed by atoms with Gasteiger partial charge in [-0.1, -0.05) is 65.0 Å². The highest BCUT2D eigenvalue weighted by Crippen LogP contribution is 2.46. The molecule has 1 aliphatic heterocycles. The quantitative estimate of drug-likeness (QED) is 0.741. The molecular weight excluding hydrogens is 404 g/mol. The molecule has 2 rings (SSSR count). The van der Waals surface area contributed by atoms with Crippen LogP contribution < -0.4 is 10.6 Å². The van der Waals surface area contributed by atoms with Crippen LogP contribution in [0.2, 0.25) is 0 Å². The Bertz CT molecular complexity index is 820. The Morgan fingerprint density at radius 3 is 2.37 bits per heavy atom. The summed E-state index contributed by atoms with van der Waals surface area (Å²) in [6, 6.07) is 9.30. The zero-order valence-corrected chi connectivity index (χ0v) is 19.1. The lowest BCUT2D eigenvalue weighted by Crippen LogP contribution is -2.52. The molecule has 0 fully saturated rings. The highest BCUT2D eigenvalue weighted by atomic mass is 32.2. The summed E-state index contributed by atoms with van der Waals surface area (Å²) >= 11 is 1.21. The van der Waals surface area contributed by atoms with E-state index in [1.165, 1.54) is 23.7 Å². The number of carbonyl (C=O) groups is 3. The molecule has 1 aromatic rings. The minimum Gasteiger partial charge on any atom is -0.449 e. The van der Waals surface area contributed by atoms with Crippen molar-refractivity contribution >= 4 is 34.8 Å². The molecule has 3 amide bonds. The molecule has 2 N–H and O–H groups in total. The van der Waals surface area contributed by atoms with Gasteiger partial charge in [-0.25, -0.2) is 9.80 Å². The third-order valence-corrected chi connectivity index (χ3v) is 5.43. The van der Waals surface area contributed by atoms with Gasteiger partial charge in [-0.3, -0.25) is 9.59 Å². The van der Waals surface area contributed by atoms with Crippen LogP contribution >= 0.6 is 11.8 Å². The molecule has 0 bridgehead atoms. The minimum atomic E-state index is -1.07. The fraction of sp³-hybridized carbons (Fsp3) is 0.524. The topological polar surface area (TPSA) is 100 Å². The van der Waals surface area contributed by atoms with Crippen molar-refractivity contribution in [3.63, 3.8) is 0 Å². The van der Waals surface area contributed by atoms with Gasteiger partial charge in [0.25, 0.3) is 0 Å². The molecular formula is C21H30N4O4S. The van der Waals surface area contributed by atoms with Gasteiger partial charge in [0.2, 0.25) is 11.8 Å². The number of ether oxygens (including phenoxy) is 1. The predicted molar refractivity (Wildman–Crippen MR) is 117 cm³/mol. The lowest BCUT2D eigenvalue weighted by Gasteiger charge is -2.38. The van der Waals surface area contributed by atoms with E-state index in [0.717, 1.165) is 5.56 Å². The van der Waals surface area contributed by atoms with E-state index in [4.69, 9.17) is 4.74 Å². The third-order valence-electron chi connectivity index (χ3n) is 4.16. The van der Waals surface area contributed by atoms with Crippen molar-refractivity contribution in [2.24, 2.45) is 16.4 Å². The molecule has 0 aromatic heterocycles. The maximum atomic E-state index is 13.3. The average molecular weight is 435 g/mol. The Morgan fingerprint density at radius 2 is 1.83 bits per heavy atom. The van der Waals surface area contributed by atoms with Crippen LogP contribution in [-0.4, -0.2) is 41.2 Å². The van der Waals surface area contributed by atoms with Crippen molar-refractivity contribution in [1.82, 2.24) is 15.6 Å². The monoisotopic (exact) mass is 434 g/mol. The summed E-state index contributed by atoms with van der Waals surface area (Å²) in [5.41, 5.74) is 0.0364. The van der Waals surface area contributed by atoms with Gasteiger partial charge >= 0.3 is 6.09 Å². The molecule has 0 spiro atoms. The summed E-state index contributed by atoms with van der Waals surface area (Å²) in [5.74, 6) is -0.331. The Balaban J connectivity index is 2.43. The fourth-order valence-corrected chi connectivity index (χ4v) is 3.95. The molecule has 1 heterocycles. The summed E-state index contributed by atoms with van der Waals surface area (Å²) in [5, 5.41) is 11.5. The molecule has 164 valence electrons. The van der Waals surface area contributed by atoms with E-state index in [-0.39, 0.29) is 30.9 Å². The van der Waals surface area contributed by atoms with Crippen molar-refractivity contribution < 1.29 is 19.1 Å². The van der Waals surface area contributed by atoms with E-state index in [1.807, 2.05) is 44.2 Å². The number of alkyl carbamates (subject to hydrolysis) is 1. The lowest BCUT2D eigenvalue weighted by atomic mass is 9.93. The van der Waals surface area contributed by atoms with Gasteiger partial charge in [-0.15, -0.1) is 5.10 Å². The minimum absolute atomic E-state index is 0.0486. The number of nitrogens with zero attached hydrogens (tertiary/aromatic N) is 2. The largest absolute Gasteiger partial charge is 0.449 e. The first-order chi connectivity index (χ1) is 14.0. The molecule has 1 atom stereocenters. The second-order valence-electron chi connectivity index (χ2n) is 8.55. The van der Waals surface area contributed by atoms with Gasteiger partial charge in [-0.05, 0) is 23.2 Å². The van der Waals surface area contributed by atoms with E-state index in [2.05, 4.69) is 15.7 Å². The number of hydrazone groups is 1. The van der Waals surface area contributed by atoms with Crippen molar-refractivity contribution in [2.45, 2.75) is 46.4 Å². The predicted octanol–water partition coefficient (Wildman–Crippen LogP) is 3.25. The van der Waals surface area contributed by atoms with E-state index in [1.54, 1.807) is 20.8 Å². The van der Waals surface area contributed by atoms with Gasteiger partial charge < -0.3 is 15.4 Å². The van der Waals surface area contributed by atoms with Crippen molar-refractivity contribution in [3.8, 4) is 0 Å². The number of thioether (sulfide) groups is 1. The van der Waals surface area contributed by atoms with E-state index in [0.29, 0.717) is 5.17 Å². The molecule has 1 aromatic carbocycles. The van der Waals surface area contributed by atoms with Crippen LogP contribution in [0.3, 0.4) is 0 Å². The number of rotatable bonds is 5. The Hall–Kier alpha value is -2.55. The van der Waals surface area contributed by atoms with Crippen molar-refractivity contribution in [3.05, 3.63) is 35.9 Å². The highest BCUT2D eigenvalue weighted by molar-refractivity contribution is 8.14. The van der Waals surface area contributed by atoms with Crippen LogP contribution in [0.4, 0.5) is 4.79 Å². The van der Waals surface area contributed by atoms with Gasteiger partial charge in [0.05, 0.1) is 13.2 Å². The Kier molecular flexibility index (Phi) is 7.52. The zero-order valence-electron chi connectivity index (χ0n) is 18.3. The SMILES string of the molecule is CC(=O)NC1=NN(C(=O)C(C)(C)C)C(CNC(=O)OCC(C)C)(c2ccccc2)S1. The smallest absolute Gasteiger partial charge is 0.407 e. The maximum Gasteiger partial charge on any atom is 0.407 e. The van der Waals surface area contributed by atoms with Crippen LogP contribution in [-0.2, 0) is 19.2 Å². The van der Waals surface area contributed by atoms with Gasteiger partial charge in [-0.2, -0.15) is 0 Å². The second-order valence-corrected chi connectivity index (χ2v) is 9.82. The standard InChI is InChI=1S/C21H30N4O4S/c1-14(2)12-29-19(28)22-13-21(16-10-8-7-9-11-16)25(17(27)20(4,5)6)24-18(30-21)23-15(3)26/h7-11,14H,12-13H2,1-6H3,(H,22,28)(H,23,24,26). The summed E-state index contributed by atoms with van der Waals surface area (Å²) in [4.78, 5) is 36.1. The molecule has 1 unspecified atom stereocenters. The van der Waals surface area contributed by atoms with E-state index >= 15 is 0 Å². The van der Waals surface area contributed by atoms with Crippen molar-refractivity contribution in [2.75, 3.05) is 13.2 Å². The Morgan fingerprint density at radius 1 is 1.20 bits per heavy atom. The number of carbonyl (C=O) groups excluding carboxylic acids is 3. The second kappa shape index (κ2) is 9.51. The number of hydrogen-bond donors (Lipinski definition) is 2. The van der Waals surface area contributed by atoms with E-state index < -0.39 is 16.4 Å². The van der Waals surface area contributed by atoms with Crippen LogP contribution in [0.15, 0.2) is 35.4 Å². The first-order valence-electron chi connectivity index (χ1n) is 9.81. The molecule has 30 heavy (non-hydrogen) atoms. The molecule has 0 saturated carbocycles. The molecule has 9 heteroatoms. The van der Waals surface area contributed by atoms with Gasteiger partial charge in [0.1, 0.15) is 0 Å². The normalized spacial score (nSPS) is 18.8. The number of benzene rings is 1. The number of hydrogen-bond acceptors (Lipinski definition) is 6. The molecule has 8 nitrogen and oxygen atoms in total. The van der Waals surface area contributed by atoms with Gasteiger partial charge in [0.15, 0.2) is 10.0 Å². The summed E-state index contributed by atoms with van der Waals surface area (Å²) in [7, 11) is 0. The van der Waals surface area contributed by atoms with Crippen LogP contribution in [0.1, 0.15) is 47.1 Å². The molecule has 0 aliphatic carbocycles. The number of nitrogens with one attached hydrogen (secondary N) is 2. The number of amides is 3. The zero-order chi connectivity index (χ0) is 22.5. The van der Waals surface area contributed by atoms with Crippen LogP contribution in [0.25, 0.3) is 0 Å². The van der Waals surface area contributed by atoms with Crippen LogP contribution in [0.5, 0.6) is 0 Å². The fourth-order valence-electron chi connectivity index (χ4n) is 2.70. The molecule has 0 radical (unpaired) electrons. The van der Waals surface area contributed by atoms with E-state index in [9.17, 15) is 14.4 Å². The summed E-state index contributed by atoms with van der Waals surface area (Å²) < 4.78 is 5.23. The third kappa shape index (κ3) is 5.75. The van der Waals surface area contributed by atoms with Crippen LogP contribution in [0, 0.1) is 11.3 Å². The number of amidine groups is 1. The van der Waals surface area contributed by atoms with Crippen molar-refractivity contribution in [1.29, 1.82) is 0 Å². The first-order valence-corrected chi connectivity index (χ1v) is 10.6. The summed E-state index contributed by atoms with van der Waals surface area (Å²) in [6.45, 7) is 11.0. The maximum absolute atomic E-state index is 13.3. The molecule has 0 saturated heterocycles.